The Balaban J connectivity index is 9.82. The monoisotopic (exact) mass is 2180 g/mol. The standard InChI is InChI=1S/C32H64Cl36Si17/c33-74(34,35)21-9-70(10-22-75(36,37)38,11-23-76(39,40)41)5-1-69(2-6-71(12-24-77(42,43)44,13-25-78(45,46)47)14-26-79(48,49)50,3-7-72(15-27-80(51,52)53,16-28-81(54,55)56)17-29-82(57,58)59)4-8-73(18-30-83(60,61)62,19-31-84(63,64)65)20-32-85(66,67)68/h1-32H2. The molecule has 0 aliphatic rings. The van der Waals surface area contributed by atoms with E-state index >= 15 is 0 Å². The van der Waals surface area contributed by atoms with E-state index in [1.165, 1.54) is 0 Å². The predicted molar refractivity (Wildman–Crippen MR) is 462 cm³/mol. The van der Waals surface area contributed by atoms with Gasteiger partial charge in [0.15, 0.2) is 0 Å². The van der Waals surface area contributed by atoms with Crippen molar-refractivity contribution in [2.24, 2.45) is 0 Å². The predicted octanol–water partition coefficient (Wildman–Crippen LogP) is 33.1. The van der Waals surface area contributed by atoms with E-state index < -0.39 is 112 Å². The Hall–Kier alpha value is 14.1. The van der Waals surface area contributed by atoms with Crippen molar-refractivity contribution in [3.8, 4) is 0 Å². The summed E-state index contributed by atoms with van der Waals surface area (Å²) in [4.78, 5) is 0. The van der Waals surface area contributed by atoms with Gasteiger partial charge in [0.1, 0.15) is 0 Å². The van der Waals surface area contributed by atoms with Gasteiger partial charge in [-0.3, -0.25) is 0 Å². The zero-order valence-electron chi connectivity index (χ0n) is 44.7. The molecule has 0 amide bonds. The van der Waals surface area contributed by atoms with Crippen molar-refractivity contribution in [3.63, 3.8) is 0 Å². The lowest BCUT2D eigenvalue weighted by Crippen LogP contribution is -2.48. The highest BCUT2D eigenvalue weighted by Crippen LogP contribution is 2.54. The Morgan fingerprint density at radius 2 is 0.129 bits per heavy atom. The molecule has 0 aromatic heterocycles. The first-order chi connectivity index (χ1) is 37.3. The maximum Gasteiger partial charge on any atom is 0.341 e. The van der Waals surface area contributed by atoms with E-state index in [0.29, 0.717) is 169 Å². The summed E-state index contributed by atoms with van der Waals surface area (Å²) in [6, 6.07) is -23.1. The third-order valence-electron chi connectivity index (χ3n) is 16.0. The number of rotatable bonds is 48. The van der Waals surface area contributed by atoms with Crippen LogP contribution in [0.2, 0.25) is 193 Å². The van der Waals surface area contributed by atoms with Crippen molar-refractivity contribution in [3.05, 3.63) is 0 Å². The first-order valence-corrected chi connectivity index (χ1v) is 103. The second-order valence-electron chi connectivity index (χ2n) is 22.9. The van der Waals surface area contributed by atoms with Gasteiger partial charge in [-0.25, -0.2) is 0 Å². The van der Waals surface area contributed by atoms with Crippen molar-refractivity contribution in [1.82, 2.24) is 0 Å². The van der Waals surface area contributed by atoms with Crippen LogP contribution in [0.4, 0.5) is 0 Å². The van der Waals surface area contributed by atoms with Gasteiger partial charge in [-0.1, -0.05) is 121 Å². The van der Waals surface area contributed by atoms with Crippen molar-refractivity contribution in [1.29, 1.82) is 0 Å². The summed E-state index contributed by atoms with van der Waals surface area (Å²) in [6.07, 6.45) is 0. The topological polar surface area (TPSA) is 0 Å². The Kier molecular flexibility index (Phi) is 49.2. The summed E-state index contributed by atoms with van der Waals surface area (Å²) in [7, 11) is -14.4. The fraction of sp³-hybridized carbons (Fsp3) is 1.00. The molecule has 0 aliphatic carbocycles. The minimum atomic E-state index is -3.29. The molecular formula is C32H64Cl36Si17. The van der Waals surface area contributed by atoms with Crippen LogP contribution in [0, 0.1) is 0 Å². The highest BCUT2D eigenvalue weighted by atomic mass is 35.9. The lowest BCUT2D eigenvalue weighted by atomic mass is 10.8. The van der Waals surface area contributed by atoms with E-state index in [1.807, 2.05) is 0 Å². The van der Waals surface area contributed by atoms with Crippen molar-refractivity contribution in [2.75, 3.05) is 0 Å². The quantitative estimate of drug-likeness (QED) is 0.0421. The fourth-order valence-corrected chi connectivity index (χ4v) is 105. The molecule has 0 rings (SSSR count). The molecule has 53 heteroatoms. The van der Waals surface area contributed by atoms with E-state index in [9.17, 15) is 0 Å². The van der Waals surface area contributed by atoms with E-state index in [4.69, 9.17) is 399 Å². The summed E-state index contributed by atoms with van der Waals surface area (Å²) >= 11 is 245. The van der Waals surface area contributed by atoms with Crippen LogP contribution in [0.1, 0.15) is 0 Å². The molecule has 0 saturated heterocycles. The Labute approximate surface area is 692 Å². The first-order valence-electron chi connectivity index (χ1n) is 26.1. The van der Waals surface area contributed by atoms with Crippen LogP contribution in [0.25, 0.3) is 0 Å². The zero-order chi connectivity index (χ0) is 67.1. The van der Waals surface area contributed by atoms with Crippen LogP contribution in [-0.2, 0) is 0 Å². The van der Waals surface area contributed by atoms with Gasteiger partial charge in [0.2, 0.25) is 0 Å². The Bertz CT molecular complexity index is 1450. The average molecular weight is 2200 g/mol. The summed E-state index contributed by atoms with van der Waals surface area (Å²) in [6.45, 7) is 0. The fourth-order valence-electron chi connectivity index (χ4n) is 10.8. The maximum atomic E-state index is 6.81. The zero-order valence-corrected chi connectivity index (χ0v) is 88.9. The summed E-state index contributed by atoms with van der Waals surface area (Å²) in [5.41, 5.74) is 0. The van der Waals surface area contributed by atoms with Crippen LogP contribution in [0.3, 0.4) is 0 Å². The van der Waals surface area contributed by atoms with Gasteiger partial charge in [-0.15, -0.1) is 399 Å². The Morgan fingerprint density at radius 3 is 0.176 bits per heavy atom. The van der Waals surface area contributed by atoms with Gasteiger partial charge in [-0.2, -0.15) is 0 Å². The first kappa shape index (κ1) is 99.1. The molecule has 0 spiro atoms. The number of hydrogen-bond donors (Lipinski definition) is 0. The van der Waals surface area contributed by atoms with Crippen LogP contribution >= 0.6 is 399 Å². The van der Waals surface area contributed by atoms with Crippen LogP contribution in [-0.4, -0.2) is 112 Å². The normalized spacial score (nSPS) is 15.4. The SMILES string of the molecule is Cl[Si](Cl)(Cl)CC[Si](CC[Si](Cl)(Cl)Cl)(CC[Si](Cl)(Cl)Cl)CC[Si](CC[Si](CC[Si](Cl)(Cl)Cl)(CC[Si](Cl)(Cl)Cl)CC[Si](Cl)(Cl)Cl)(CC[Si](CC[Si](Cl)(Cl)Cl)(CC[Si](Cl)(Cl)Cl)CC[Si](Cl)(Cl)Cl)CC[Si](CC[Si](Cl)(Cl)Cl)(CC[Si](Cl)(Cl)Cl)CC[Si](Cl)(Cl)Cl. The van der Waals surface area contributed by atoms with E-state index in [0.717, 1.165) is 24.2 Å². The van der Waals surface area contributed by atoms with Gasteiger partial charge >= 0.3 is 72.0 Å². The van der Waals surface area contributed by atoms with Gasteiger partial charge in [0.05, 0.1) is 40.4 Å². The lowest BCUT2D eigenvalue weighted by molar-refractivity contribution is 0.990. The van der Waals surface area contributed by atoms with E-state index in [-0.39, 0.29) is 0 Å². The summed E-state index contributed by atoms with van der Waals surface area (Å²) in [5.74, 6) is 0. The van der Waals surface area contributed by atoms with Gasteiger partial charge in [0, 0.05) is 0 Å². The molecule has 0 radical (unpaired) electrons. The second kappa shape index (κ2) is 42.2. The molecule has 0 nitrogen and oxygen atoms in total. The minimum absolute atomic E-state index is 0.331. The molecular weight excluding hydrogens is 2140 g/mol. The molecule has 0 saturated carbocycles. The van der Waals surface area contributed by atoms with Crippen molar-refractivity contribution < 1.29 is 0 Å². The Morgan fingerprint density at radius 1 is 0.0824 bits per heavy atom. The largest absolute Gasteiger partial charge is 0.341 e. The van der Waals surface area contributed by atoms with Gasteiger partial charge < -0.3 is 0 Å². The average Bonchev–Trinajstić information content (AvgIpc) is 3.50. The van der Waals surface area contributed by atoms with Crippen molar-refractivity contribution in [2.45, 2.75) is 193 Å². The highest BCUT2D eigenvalue weighted by molar-refractivity contribution is 7.70. The van der Waals surface area contributed by atoms with Crippen molar-refractivity contribution >= 4 is 511 Å². The van der Waals surface area contributed by atoms with Crippen LogP contribution in [0.15, 0.2) is 0 Å². The van der Waals surface area contributed by atoms with Gasteiger partial charge in [0.25, 0.3) is 0 Å². The molecule has 0 heterocycles. The molecule has 0 unspecified atom stereocenters. The van der Waals surface area contributed by atoms with Gasteiger partial charge in [-0.05, 0) is 72.5 Å². The van der Waals surface area contributed by atoms with E-state index in [1.54, 1.807) is 0 Å². The molecule has 0 fully saturated rings. The number of hydrogen-bond acceptors (Lipinski definition) is 0. The molecule has 0 N–H and O–H groups in total. The number of halogens is 36. The second-order valence-corrected chi connectivity index (χ2v) is 159. The molecule has 85 heavy (non-hydrogen) atoms. The molecule has 0 bridgehead atoms. The summed E-state index contributed by atoms with van der Waals surface area (Å²) in [5, 5.41) is 0. The molecule has 512 valence electrons. The third kappa shape index (κ3) is 57.0. The van der Waals surface area contributed by atoms with E-state index in [2.05, 4.69) is 0 Å². The minimum Gasteiger partial charge on any atom is -0.126 e. The smallest absolute Gasteiger partial charge is 0.126 e. The van der Waals surface area contributed by atoms with Crippen LogP contribution < -0.4 is 0 Å². The molecule has 0 aromatic carbocycles. The molecule has 0 aliphatic heterocycles. The maximum absolute atomic E-state index is 6.81. The molecule has 0 aromatic rings. The van der Waals surface area contributed by atoms with Crippen LogP contribution in [0.5, 0.6) is 0 Å². The lowest BCUT2D eigenvalue weighted by Gasteiger charge is -2.45. The highest BCUT2D eigenvalue weighted by Gasteiger charge is 2.51. The third-order valence-corrected chi connectivity index (χ3v) is 80.4. The molecule has 0 atom stereocenters. The summed E-state index contributed by atoms with van der Waals surface area (Å²) < 4.78 is 0.